The van der Waals surface area contributed by atoms with Crippen molar-refractivity contribution in [1.29, 1.82) is 0 Å². The van der Waals surface area contributed by atoms with Crippen LogP contribution in [-0.2, 0) is 4.79 Å². The first kappa shape index (κ1) is 23.3. The first-order valence-electron chi connectivity index (χ1n) is 11.8. The highest BCUT2D eigenvalue weighted by Gasteiger charge is 2.20. The predicted octanol–water partition coefficient (Wildman–Crippen LogP) is 4.69. The highest BCUT2D eigenvalue weighted by molar-refractivity contribution is 6.12. The van der Waals surface area contributed by atoms with Gasteiger partial charge in [-0.3, -0.25) is 9.59 Å². The summed E-state index contributed by atoms with van der Waals surface area (Å²) in [6, 6.07) is 14.6. The summed E-state index contributed by atoms with van der Waals surface area (Å²) in [6.45, 7) is 6.54. The zero-order chi connectivity index (χ0) is 25.4. The summed E-state index contributed by atoms with van der Waals surface area (Å²) >= 11 is 0. The van der Waals surface area contributed by atoms with Crippen LogP contribution in [0.3, 0.4) is 0 Å². The second-order valence-corrected chi connectivity index (χ2v) is 8.91. The maximum absolute atomic E-state index is 13.5. The van der Waals surface area contributed by atoms with E-state index in [0.717, 1.165) is 11.3 Å². The molecule has 9 heteroatoms. The molecule has 0 fully saturated rings. The normalized spacial score (nSPS) is 12.6. The second kappa shape index (κ2) is 9.33. The standard InChI is InChI=1S/C27H27N5O4/c1-16(2)32-26-22(15-28-32)21(27(34)29-19-6-8-20(9-7-19)31(4)17(3)33)14-23(30-26)18-5-10-24-25(13-18)36-12-11-35-24/h5-10,13-16H,11-12H2,1-4H3,(H,29,34). The van der Waals surface area contributed by atoms with Gasteiger partial charge in [-0.2, -0.15) is 5.10 Å². The Labute approximate surface area is 208 Å². The monoisotopic (exact) mass is 485 g/mol. The van der Waals surface area contributed by atoms with Gasteiger partial charge in [0.05, 0.1) is 22.8 Å². The third-order valence-electron chi connectivity index (χ3n) is 6.12. The lowest BCUT2D eigenvalue weighted by Gasteiger charge is -2.19. The number of aromatic nitrogens is 3. The predicted molar refractivity (Wildman–Crippen MR) is 138 cm³/mol. The molecule has 0 spiro atoms. The van der Waals surface area contributed by atoms with E-state index in [-0.39, 0.29) is 17.9 Å². The van der Waals surface area contributed by atoms with Gasteiger partial charge in [-0.1, -0.05) is 0 Å². The molecular weight excluding hydrogens is 458 g/mol. The minimum absolute atomic E-state index is 0.0623. The zero-order valence-electron chi connectivity index (χ0n) is 20.6. The molecule has 0 saturated heterocycles. The number of carbonyl (C=O) groups excluding carboxylic acids is 2. The molecule has 1 N–H and O–H groups in total. The van der Waals surface area contributed by atoms with Crippen LogP contribution in [0, 0.1) is 0 Å². The van der Waals surface area contributed by atoms with Crippen LogP contribution in [-0.4, -0.2) is 46.8 Å². The summed E-state index contributed by atoms with van der Waals surface area (Å²) in [5, 5.41) is 8.11. The van der Waals surface area contributed by atoms with Gasteiger partial charge in [-0.25, -0.2) is 9.67 Å². The van der Waals surface area contributed by atoms with Crippen molar-refractivity contribution in [1.82, 2.24) is 14.8 Å². The summed E-state index contributed by atoms with van der Waals surface area (Å²) in [6.07, 6.45) is 1.68. The van der Waals surface area contributed by atoms with Crippen LogP contribution in [0.5, 0.6) is 11.5 Å². The molecule has 0 radical (unpaired) electrons. The van der Waals surface area contributed by atoms with Crippen molar-refractivity contribution in [2.24, 2.45) is 0 Å². The fourth-order valence-electron chi connectivity index (χ4n) is 4.08. The minimum Gasteiger partial charge on any atom is -0.486 e. The maximum Gasteiger partial charge on any atom is 0.256 e. The number of hydrogen-bond acceptors (Lipinski definition) is 6. The number of hydrogen-bond donors (Lipinski definition) is 1. The molecule has 4 aromatic rings. The Balaban J connectivity index is 1.53. The molecule has 184 valence electrons. The molecule has 5 rings (SSSR count). The average molecular weight is 486 g/mol. The van der Waals surface area contributed by atoms with Gasteiger partial charge in [0.1, 0.15) is 13.2 Å². The van der Waals surface area contributed by atoms with Crippen LogP contribution in [0.25, 0.3) is 22.3 Å². The fourth-order valence-corrected chi connectivity index (χ4v) is 4.08. The highest BCUT2D eigenvalue weighted by Crippen LogP contribution is 2.35. The fraction of sp³-hybridized carbons (Fsp3) is 0.259. The Kier molecular flexibility index (Phi) is 6.05. The van der Waals surface area contributed by atoms with Crippen molar-refractivity contribution in [2.45, 2.75) is 26.8 Å². The Morgan fingerprint density at radius 3 is 2.44 bits per heavy atom. The number of amides is 2. The topological polar surface area (TPSA) is 98.6 Å². The average Bonchev–Trinajstić information content (AvgIpc) is 3.32. The van der Waals surface area contributed by atoms with Crippen molar-refractivity contribution in [3.05, 3.63) is 60.3 Å². The molecule has 1 aliphatic heterocycles. The number of rotatable bonds is 5. The number of anilines is 2. The molecule has 1 aliphatic rings. The summed E-state index contributed by atoms with van der Waals surface area (Å²) < 4.78 is 13.2. The minimum atomic E-state index is -0.280. The lowest BCUT2D eigenvalue weighted by Crippen LogP contribution is -2.22. The Morgan fingerprint density at radius 1 is 1.03 bits per heavy atom. The molecule has 0 atom stereocenters. The van der Waals surface area contributed by atoms with Gasteiger partial charge in [0.25, 0.3) is 5.91 Å². The molecular formula is C27H27N5O4. The van der Waals surface area contributed by atoms with E-state index < -0.39 is 0 Å². The van der Waals surface area contributed by atoms with Crippen LogP contribution < -0.4 is 19.7 Å². The first-order valence-corrected chi connectivity index (χ1v) is 11.8. The lowest BCUT2D eigenvalue weighted by molar-refractivity contribution is -0.116. The van der Waals surface area contributed by atoms with E-state index >= 15 is 0 Å². The van der Waals surface area contributed by atoms with Crippen LogP contribution in [0.2, 0.25) is 0 Å². The Morgan fingerprint density at radius 2 is 1.75 bits per heavy atom. The molecule has 9 nitrogen and oxygen atoms in total. The van der Waals surface area contributed by atoms with E-state index in [0.29, 0.717) is 52.7 Å². The number of fused-ring (bicyclic) bond motifs is 2. The van der Waals surface area contributed by atoms with E-state index in [1.165, 1.54) is 11.8 Å². The van der Waals surface area contributed by atoms with Crippen molar-refractivity contribution in [2.75, 3.05) is 30.5 Å². The van der Waals surface area contributed by atoms with E-state index in [1.54, 1.807) is 48.3 Å². The summed E-state index contributed by atoms with van der Waals surface area (Å²) in [4.78, 5) is 31.5. The largest absolute Gasteiger partial charge is 0.486 e. The van der Waals surface area contributed by atoms with Crippen LogP contribution in [0.4, 0.5) is 11.4 Å². The second-order valence-electron chi connectivity index (χ2n) is 8.91. The number of benzene rings is 2. The molecule has 0 unspecified atom stereocenters. The number of nitrogens with zero attached hydrogens (tertiary/aromatic N) is 4. The number of nitrogens with one attached hydrogen (secondary N) is 1. The molecule has 0 aliphatic carbocycles. The summed E-state index contributed by atoms with van der Waals surface area (Å²) in [5.41, 5.74) is 3.88. The molecule has 36 heavy (non-hydrogen) atoms. The van der Waals surface area contributed by atoms with Gasteiger partial charge in [0.15, 0.2) is 17.1 Å². The summed E-state index contributed by atoms with van der Waals surface area (Å²) in [7, 11) is 1.70. The van der Waals surface area contributed by atoms with Crippen molar-refractivity contribution >= 4 is 34.2 Å². The van der Waals surface area contributed by atoms with E-state index in [4.69, 9.17) is 14.5 Å². The molecule has 2 aromatic carbocycles. The van der Waals surface area contributed by atoms with Crippen molar-refractivity contribution < 1.29 is 19.1 Å². The summed E-state index contributed by atoms with van der Waals surface area (Å²) in [5.74, 6) is 0.992. The first-order chi connectivity index (χ1) is 17.3. The van der Waals surface area contributed by atoms with Crippen LogP contribution in [0.1, 0.15) is 37.2 Å². The van der Waals surface area contributed by atoms with E-state index in [1.807, 2.05) is 32.0 Å². The maximum atomic E-state index is 13.5. The van der Waals surface area contributed by atoms with Gasteiger partial charge in [-0.05, 0) is 62.4 Å². The van der Waals surface area contributed by atoms with Crippen molar-refractivity contribution in [3.63, 3.8) is 0 Å². The number of carbonyl (C=O) groups is 2. The highest BCUT2D eigenvalue weighted by atomic mass is 16.6. The van der Waals surface area contributed by atoms with Crippen LogP contribution in [0.15, 0.2) is 54.7 Å². The molecule has 0 bridgehead atoms. The van der Waals surface area contributed by atoms with Gasteiger partial charge in [0.2, 0.25) is 5.91 Å². The van der Waals surface area contributed by atoms with Gasteiger partial charge in [0, 0.05) is 37.0 Å². The van der Waals surface area contributed by atoms with Gasteiger partial charge in [-0.15, -0.1) is 0 Å². The smallest absolute Gasteiger partial charge is 0.256 e. The third kappa shape index (κ3) is 4.35. The lowest BCUT2D eigenvalue weighted by atomic mass is 10.1. The van der Waals surface area contributed by atoms with Crippen molar-refractivity contribution in [3.8, 4) is 22.8 Å². The molecule has 0 saturated carbocycles. The number of pyridine rings is 1. The van der Waals surface area contributed by atoms with Gasteiger partial charge >= 0.3 is 0 Å². The zero-order valence-corrected chi connectivity index (χ0v) is 20.6. The van der Waals surface area contributed by atoms with E-state index in [2.05, 4.69) is 10.4 Å². The van der Waals surface area contributed by atoms with Gasteiger partial charge < -0.3 is 19.7 Å². The Bertz CT molecular complexity index is 1460. The Hall–Kier alpha value is -4.40. The van der Waals surface area contributed by atoms with Crippen LogP contribution >= 0.6 is 0 Å². The molecule has 3 heterocycles. The third-order valence-corrected chi connectivity index (χ3v) is 6.12. The number of ether oxygens (including phenoxy) is 2. The molecule has 2 amide bonds. The SMILES string of the molecule is CC(=O)N(C)c1ccc(NC(=O)c2cc(-c3ccc4c(c3)OCCO4)nc3c2cnn3C(C)C)cc1. The molecule has 2 aromatic heterocycles. The quantitative estimate of drug-likeness (QED) is 0.441. The van der Waals surface area contributed by atoms with E-state index in [9.17, 15) is 9.59 Å².